The number of hydrogen-bond donors (Lipinski definition) is 2. The summed E-state index contributed by atoms with van der Waals surface area (Å²) in [5.41, 5.74) is 2.41. The van der Waals surface area contributed by atoms with Crippen LogP contribution in [-0.2, 0) is 16.6 Å². The molecule has 0 bridgehead atoms. The number of nitrogens with one attached hydrogen (secondary N) is 1. The van der Waals surface area contributed by atoms with Crippen LogP contribution < -0.4 is 10.1 Å². The van der Waals surface area contributed by atoms with Gasteiger partial charge >= 0.3 is 0 Å². The number of aliphatic hydroxyl groups is 1. The average Bonchev–Trinajstić information content (AvgIpc) is 3.11. The number of fused-ring (bicyclic) bond motifs is 1. The Hall–Kier alpha value is -2.49. The van der Waals surface area contributed by atoms with Crippen LogP contribution in [0.4, 0.5) is 16.0 Å². The number of benzene rings is 2. The normalized spacial score (nSPS) is 18.1. The lowest BCUT2D eigenvalue weighted by molar-refractivity contribution is 0.201. The van der Waals surface area contributed by atoms with Crippen molar-refractivity contribution in [2.75, 3.05) is 24.3 Å². The minimum atomic E-state index is -1.09. The van der Waals surface area contributed by atoms with Crippen molar-refractivity contribution in [3.63, 3.8) is 0 Å². The fourth-order valence-corrected chi connectivity index (χ4v) is 4.96. The highest BCUT2D eigenvalue weighted by atomic mass is 35.5. The summed E-state index contributed by atoms with van der Waals surface area (Å²) in [6.45, 7) is 1.90. The van der Waals surface area contributed by atoms with E-state index >= 15 is 0 Å². The molecule has 1 aliphatic rings. The van der Waals surface area contributed by atoms with Gasteiger partial charge in [-0.3, -0.25) is 8.78 Å². The van der Waals surface area contributed by atoms with Crippen LogP contribution in [0.15, 0.2) is 36.4 Å². The maximum Gasteiger partial charge on any atom is 0.229 e. The summed E-state index contributed by atoms with van der Waals surface area (Å²) in [6, 6.07) is 9.36. The second-order valence-corrected chi connectivity index (χ2v) is 8.83. The largest absolute Gasteiger partial charge is 0.490 e. The van der Waals surface area contributed by atoms with Gasteiger partial charge in [-0.15, -0.1) is 10.2 Å². The van der Waals surface area contributed by atoms with Crippen molar-refractivity contribution >= 4 is 34.0 Å². The van der Waals surface area contributed by atoms with Crippen molar-refractivity contribution in [3.05, 3.63) is 64.2 Å². The van der Waals surface area contributed by atoms with Crippen molar-refractivity contribution in [3.8, 4) is 5.75 Å². The minimum Gasteiger partial charge on any atom is -0.490 e. The molecule has 2 aromatic carbocycles. The third-order valence-corrected chi connectivity index (χ3v) is 6.40. The Kier molecular flexibility index (Phi) is 6.03. The van der Waals surface area contributed by atoms with E-state index < -0.39 is 10.8 Å². The van der Waals surface area contributed by atoms with Gasteiger partial charge in [0.15, 0.2) is 0 Å². The minimum absolute atomic E-state index is 0.124. The van der Waals surface area contributed by atoms with Crippen molar-refractivity contribution in [2.45, 2.75) is 18.7 Å². The van der Waals surface area contributed by atoms with Gasteiger partial charge in [0.05, 0.1) is 23.4 Å². The molecular formula is C20H20ClFN4O3S. The van der Waals surface area contributed by atoms with Gasteiger partial charge in [-0.2, -0.15) is 0 Å². The third-order valence-electron chi connectivity index (χ3n) is 4.84. The maximum absolute atomic E-state index is 13.4. The van der Waals surface area contributed by atoms with Crippen molar-refractivity contribution in [1.29, 1.82) is 0 Å². The van der Waals surface area contributed by atoms with Crippen molar-refractivity contribution in [1.82, 2.24) is 14.8 Å². The molecule has 3 aromatic rings. The maximum atomic E-state index is 13.4. The number of anilines is 2. The van der Waals surface area contributed by atoms with Crippen LogP contribution in [-0.4, -0.2) is 43.0 Å². The molecule has 10 heteroatoms. The third kappa shape index (κ3) is 4.19. The molecule has 0 aliphatic carbocycles. The number of ether oxygens (including phenoxy) is 1. The van der Waals surface area contributed by atoms with Gasteiger partial charge < -0.3 is 15.2 Å². The number of aromatic nitrogens is 3. The standard InChI is InChI=1S/C20H20ClFN4O3S/c1-12-8-15(21)18(29-7-6-27)9-16(12)23-20-25-24-19-11-30(28)10-17(26(19)20)13-2-4-14(22)5-3-13/h2-5,8-9,17,27H,6-7,10-11H2,1H3,(H,23,25). The molecule has 0 fully saturated rings. The molecular weight excluding hydrogens is 431 g/mol. The van der Waals surface area contributed by atoms with Crippen LogP contribution in [0.1, 0.15) is 23.0 Å². The van der Waals surface area contributed by atoms with Crippen LogP contribution in [0.5, 0.6) is 5.75 Å². The fourth-order valence-electron chi connectivity index (χ4n) is 3.39. The van der Waals surface area contributed by atoms with E-state index in [0.29, 0.717) is 39.7 Å². The number of rotatable bonds is 6. The lowest BCUT2D eigenvalue weighted by Gasteiger charge is -2.26. The Balaban J connectivity index is 1.71. The fraction of sp³-hybridized carbons (Fsp3) is 0.300. The molecule has 0 saturated carbocycles. The smallest absolute Gasteiger partial charge is 0.229 e. The van der Waals surface area contributed by atoms with Crippen LogP contribution in [0.3, 0.4) is 0 Å². The van der Waals surface area contributed by atoms with Gasteiger partial charge in [0.1, 0.15) is 24.0 Å². The number of aryl methyl sites for hydroxylation is 1. The highest BCUT2D eigenvalue weighted by molar-refractivity contribution is 7.84. The monoisotopic (exact) mass is 450 g/mol. The number of aliphatic hydroxyl groups excluding tert-OH is 1. The van der Waals surface area contributed by atoms with E-state index in [-0.39, 0.29) is 25.1 Å². The van der Waals surface area contributed by atoms with Gasteiger partial charge in [-0.05, 0) is 36.2 Å². The Morgan fingerprint density at radius 1 is 1.33 bits per heavy atom. The molecule has 30 heavy (non-hydrogen) atoms. The lowest BCUT2D eigenvalue weighted by Crippen LogP contribution is -2.27. The van der Waals surface area contributed by atoms with E-state index in [4.69, 9.17) is 21.4 Å². The van der Waals surface area contributed by atoms with Gasteiger partial charge in [0.2, 0.25) is 5.95 Å². The molecule has 2 heterocycles. The zero-order valence-electron chi connectivity index (χ0n) is 16.1. The van der Waals surface area contributed by atoms with Crippen LogP contribution in [0.25, 0.3) is 0 Å². The summed E-state index contributed by atoms with van der Waals surface area (Å²) >= 11 is 6.23. The predicted octanol–water partition coefficient (Wildman–Crippen LogP) is 3.35. The first-order valence-electron chi connectivity index (χ1n) is 9.31. The molecule has 2 unspecified atom stereocenters. The number of hydrogen-bond acceptors (Lipinski definition) is 6. The first-order chi connectivity index (χ1) is 14.5. The quantitative estimate of drug-likeness (QED) is 0.598. The lowest BCUT2D eigenvalue weighted by atomic mass is 10.1. The molecule has 0 spiro atoms. The first kappa shape index (κ1) is 20.8. The van der Waals surface area contributed by atoms with E-state index in [1.54, 1.807) is 24.3 Å². The topological polar surface area (TPSA) is 89.3 Å². The first-order valence-corrected chi connectivity index (χ1v) is 11.2. The summed E-state index contributed by atoms with van der Waals surface area (Å²) in [4.78, 5) is 0. The van der Waals surface area contributed by atoms with E-state index in [1.807, 2.05) is 11.5 Å². The highest BCUT2D eigenvalue weighted by Gasteiger charge is 2.30. The summed E-state index contributed by atoms with van der Waals surface area (Å²) in [5.74, 6) is 1.88. The SMILES string of the molecule is Cc1cc(Cl)c(OCCO)cc1Nc1nnc2n1C(c1ccc(F)cc1)CS(=O)C2. The summed E-state index contributed by atoms with van der Waals surface area (Å²) in [6.07, 6.45) is 0. The molecule has 1 aromatic heterocycles. The van der Waals surface area contributed by atoms with Crippen LogP contribution in [0.2, 0.25) is 5.02 Å². The zero-order chi connectivity index (χ0) is 21.3. The molecule has 2 atom stereocenters. The molecule has 0 amide bonds. The van der Waals surface area contributed by atoms with Gasteiger partial charge in [0.25, 0.3) is 0 Å². The number of nitrogens with zero attached hydrogens (tertiary/aromatic N) is 3. The second-order valence-electron chi connectivity index (χ2n) is 6.92. The predicted molar refractivity (Wildman–Crippen MR) is 113 cm³/mol. The molecule has 0 saturated heterocycles. The molecule has 1 aliphatic heterocycles. The van der Waals surface area contributed by atoms with Crippen molar-refractivity contribution < 1.29 is 18.4 Å². The van der Waals surface area contributed by atoms with E-state index in [1.165, 1.54) is 12.1 Å². The number of halogens is 2. The van der Waals surface area contributed by atoms with Crippen LogP contribution in [0, 0.1) is 12.7 Å². The van der Waals surface area contributed by atoms with E-state index in [0.717, 1.165) is 11.1 Å². The highest BCUT2D eigenvalue weighted by Crippen LogP contribution is 2.35. The van der Waals surface area contributed by atoms with E-state index in [9.17, 15) is 8.60 Å². The molecule has 158 valence electrons. The second kappa shape index (κ2) is 8.71. The summed E-state index contributed by atoms with van der Waals surface area (Å²) < 4.78 is 33.1. The average molecular weight is 451 g/mol. The molecule has 2 N–H and O–H groups in total. The summed E-state index contributed by atoms with van der Waals surface area (Å²) in [5, 5.41) is 21.2. The Bertz CT molecular complexity index is 1090. The summed E-state index contributed by atoms with van der Waals surface area (Å²) in [7, 11) is -1.09. The Morgan fingerprint density at radius 2 is 2.10 bits per heavy atom. The van der Waals surface area contributed by atoms with Crippen LogP contribution >= 0.6 is 11.6 Å². The van der Waals surface area contributed by atoms with Gasteiger partial charge in [-0.25, -0.2) is 4.39 Å². The van der Waals surface area contributed by atoms with Gasteiger partial charge in [0, 0.05) is 28.3 Å². The van der Waals surface area contributed by atoms with Gasteiger partial charge in [-0.1, -0.05) is 23.7 Å². The molecule has 7 nitrogen and oxygen atoms in total. The Labute approximate surface area is 180 Å². The Morgan fingerprint density at radius 3 is 2.83 bits per heavy atom. The van der Waals surface area contributed by atoms with E-state index in [2.05, 4.69) is 15.5 Å². The van der Waals surface area contributed by atoms with Crippen molar-refractivity contribution in [2.24, 2.45) is 0 Å². The zero-order valence-corrected chi connectivity index (χ0v) is 17.7. The molecule has 0 radical (unpaired) electrons. The molecule has 4 rings (SSSR count).